The van der Waals surface area contributed by atoms with Gasteiger partial charge in [-0.15, -0.1) is 0 Å². The average molecular weight is 366 g/mol. The first-order valence-electron chi connectivity index (χ1n) is 7.61. The van der Waals surface area contributed by atoms with Crippen LogP contribution in [0.15, 0.2) is 59.6 Å². The Labute approximate surface area is 150 Å². The second kappa shape index (κ2) is 6.50. The molecule has 3 aromatic rings. The Morgan fingerprint density at radius 3 is 2.50 bits per heavy atom. The van der Waals surface area contributed by atoms with E-state index in [4.69, 9.17) is 10.4 Å². The smallest absolute Gasteiger partial charge is 0.328 e. The predicted molar refractivity (Wildman–Crippen MR) is 97.1 cm³/mol. The fraction of sp³-hybridized carbons (Fsp3) is 0.0526. The summed E-state index contributed by atoms with van der Waals surface area (Å²) in [4.78, 5) is 10.9. The summed E-state index contributed by atoms with van der Waals surface area (Å²) in [6.45, 7) is 1.86. The third kappa shape index (κ3) is 3.10. The van der Waals surface area contributed by atoms with Crippen molar-refractivity contribution < 1.29 is 18.3 Å². The van der Waals surface area contributed by atoms with Crippen LogP contribution in [0, 0.1) is 18.3 Å². The van der Waals surface area contributed by atoms with Gasteiger partial charge in [0.2, 0.25) is 0 Å². The first-order chi connectivity index (χ1) is 12.3. The molecule has 0 bridgehead atoms. The number of nitrogens with zero attached hydrogens (tertiary/aromatic N) is 2. The van der Waals surface area contributed by atoms with Crippen molar-refractivity contribution in [3.8, 4) is 6.07 Å². The van der Waals surface area contributed by atoms with Gasteiger partial charge in [-0.3, -0.25) is 0 Å². The molecule has 0 spiro atoms. The second-order valence-corrected chi connectivity index (χ2v) is 7.53. The lowest BCUT2D eigenvalue weighted by Gasteiger charge is -2.08. The van der Waals surface area contributed by atoms with Gasteiger partial charge in [0.25, 0.3) is 10.0 Å². The normalized spacial score (nSPS) is 11.7. The van der Waals surface area contributed by atoms with Crippen LogP contribution in [0.2, 0.25) is 0 Å². The molecule has 0 aliphatic rings. The minimum Gasteiger partial charge on any atom is -0.478 e. The van der Waals surface area contributed by atoms with Crippen LogP contribution >= 0.6 is 0 Å². The highest BCUT2D eigenvalue weighted by Crippen LogP contribution is 2.28. The number of aliphatic carboxylic acids is 1. The van der Waals surface area contributed by atoms with Crippen LogP contribution < -0.4 is 0 Å². The molecule has 1 aromatic heterocycles. The van der Waals surface area contributed by atoms with Gasteiger partial charge in [0.15, 0.2) is 0 Å². The first kappa shape index (κ1) is 17.5. The first-order valence-corrected chi connectivity index (χ1v) is 9.05. The quantitative estimate of drug-likeness (QED) is 0.715. The fourth-order valence-corrected chi connectivity index (χ4v) is 3.99. The number of aromatic nitrogens is 1. The van der Waals surface area contributed by atoms with Crippen LogP contribution in [0.5, 0.6) is 0 Å². The average Bonchev–Trinajstić information content (AvgIpc) is 2.99. The van der Waals surface area contributed by atoms with Gasteiger partial charge in [0.1, 0.15) is 0 Å². The molecule has 1 N–H and O–H groups in total. The maximum absolute atomic E-state index is 13.0. The predicted octanol–water partition coefficient (Wildman–Crippen LogP) is 3.16. The molecule has 0 fully saturated rings. The summed E-state index contributed by atoms with van der Waals surface area (Å²) in [5.41, 5.74) is 2.06. The summed E-state index contributed by atoms with van der Waals surface area (Å²) < 4.78 is 27.2. The topological polar surface area (TPSA) is 100 Å². The molecule has 6 nitrogen and oxygen atoms in total. The standard InChI is InChI=1S/C19H14N2O4S/c1-13-2-6-16(7-3-13)26(24,25)21-12-15(5-9-19(22)23)17-10-14(11-20)4-8-18(17)21/h2-10,12H,1H3,(H,22,23)/b9-5-. The molecule has 130 valence electrons. The highest BCUT2D eigenvalue weighted by molar-refractivity contribution is 7.90. The highest BCUT2D eigenvalue weighted by Gasteiger charge is 2.21. The molecule has 0 aliphatic heterocycles. The van der Waals surface area contributed by atoms with Gasteiger partial charge in [-0.1, -0.05) is 17.7 Å². The Bertz CT molecular complexity index is 1180. The van der Waals surface area contributed by atoms with Gasteiger partial charge in [0, 0.05) is 23.2 Å². The van der Waals surface area contributed by atoms with Gasteiger partial charge < -0.3 is 5.11 Å². The highest BCUT2D eigenvalue weighted by atomic mass is 32.2. The lowest BCUT2D eigenvalue weighted by Crippen LogP contribution is -2.11. The van der Waals surface area contributed by atoms with Gasteiger partial charge in [-0.2, -0.15) is 5.26 Å². The van der Waals surface area contributed by atoms with E-state index < -0.39 is 16.0 Å². The maximum atomic E-state index is 13.0. The Balaban J connectivity index is 2.28. The van der Waals surface area contributed by atoms with Crippen LogP contribution in [-0.4, -0.2) is 23.5 Å². The van der Waals surface area contributed by atoms with Gasteiger partial charge in [-0.05, 0) is 43.3 Å². The summed E-state index contributed by atoms with van der Waals surface area (Å²) in [7, 11) is -3.87. The van der Waals surface area contributed by atoms with Crippen molar-refractivity contribution >= 4 is 33.0 Å². The molecule has 7 heteroatoms. The van der Waals surface area contributed by atoms with E-state index in [9.17, 15) is 13.2 Å². The molecule has 26 heavy (non-hydrogen) atoms. The van der Waals surface area contributed by atoms with Crippen molar-refractivity contribution in [2.24, 2.45) is 0 Å². The zero-order chi connectivity index (χ0) is 18.9. The van der Waals surface area contributed by atoms with Crippen LogP contribution in [0.25, 0.3) is 17.0 Å². The molecule has 0 amide bonds. The van der Waals surface area contributed by atoms with E-state index in [0.717, 1.165) is 15.6 Å². The van der Waals surface area contributed by atoms with E-state index in [1.165, 1.54) is 42.6 Å². The number of fused-ring (bicyclic) bond motifs is 1. The Morgan fingerprint density at radius 1 is 1.19 bits per heavy atom. The van der Waals surface area contributed by atoms with Crippen LogP contribution in [0.1, 0.15) is 16.7 Å². The Hall–Kier alpha value is -3.37. The van der Waals surface area contributed by atoms with E-state index in [0.29, 0.717) is 22.0 Å². The Kier molecular flexibility index (Phi) is 4.36. The molecule has 1 heterocycles. The minimum atomic E-state index is -3.87. The second-order valence-electron chi connectivity index (χ2n) is 5.71. The lowest BCUT2D eigenvalue weighted by molar-refractivity contribution is -0.131. The fourth-order valence-electron chi connectivity index (χ4n) is 2.61. The van der Waals surface area contributed by atoms with Crippen LogP contribution in [0.3, 0.4) is 0 Å². The molecule has 0 atom stereocenters. The van der Waals surface area contributed by atoms with E-state index >= 15 is 0 Å². The third-order valence-corrected chi connectivity index (χ3v) is 5.60. The summed E-state index contributed by atoms with van der Waals surface area (Å²) in [6.07, 6.45) is 3.60. The molecule has 0 saturated carbocycles. The number of aryl methyl sites for hydroxylation is 1. The van der Waals surface area contributed by atoms with E-state index in [1.807, 2.05) is 13.0 Å². The molecule has 3 rings (SSSR count). The number of carbonyl (C=O) groups is 1. The molecule has 0 saturated heterocycles. The van der Waals surface area contributed by atoms with Crippen molar-refractivity contribution in [1.82, 2.24) is 3.97 Å². The maximum Gasteiger partial charge on any atom is 0.328 e. The minimum absolute atomic E-state index is 0.123. The number of carboxylic acid groups (broad SMARTS) is 1. The largest absolute Gasteiger partial charge is 0.478 e. The SMILES string of the molecule is Cc1ccc(S(=O)(=O)n2cc(/C=C\C(=O)O)c3cc(C#N)ccc32)cc1. The lowest BCUT2D eigenvalue weighted by atomic mass is 10.1. The monoisotopic (exact) mass is 366 g/mol. The summed E-state index contributed by atoms with van der Waals surface area (Å²) in [6, 6.07) is 13.1. The van der Waals surface area contributed by atoms with E-state index in [1.54, 1.807) is 12.1 Å². The van der Waals surface area contributed by atoms with Crippen molar-refractivity contribution in [3.63, 3.8) is 0 Å². The number of hydrogen-bond acceptors (Lipinski definition) is 4. The number of carboxylic acids is 1. The van der Waals surface area contributed by atoms with Crippen LogP contribution in [-0.2, 0) is 14.8 Å². The molecular weight excluding hydrogens is 352 g/mol. The number of hydrogen-bond donors (Lipinski definition) is 1. The summed E-state index contributed by atoms with van der Waals surface area (Å²) in [5.74, 6) is -1.15. The number of benzene rings is 2. The molecule has 2 aromatic carbocycles. The number of nitriles is 1. The van der Waals surface area contributed by atoms with E-state index in [2.05, 4.69) is 0 Å². The number of rotatable bonds is 4. The van der Waals surface area contributed by atoms with Crippen molar-refractivity contribution in [2.45, 2.75) is 11.8 Å². The van der Waals surface area contributed by atoms with Crippen molar-refractivity contribution in [3.05, 3.63) is 71.4 Å². The zero-order valence-corrected chi connectivity index (χ0v) is 14.6. The van der Waals surface area contributed by atoms with Crippen molar-refractivity contribution in [1.29, 1.82) is 5.26 Å². The Morgan fingerprint density at radius 2 is 1.88 bits per heavy atom. The zero-order valence-electron chi connectivity index (χ0n) is 13.7. The molecular formula is C19H14N2O4S. The van der Waals surface area contributed by atoms with E-state index in [-0.39, 0.29) is 4.90 Å². The van der Waals surface area contributed by atoms with Gasteiger partial charge in [-0.25, -0.2) is 17.2 Å². The van der Waals surface area contributed by atoms with Crippen LogP contribution in [0.4, 0.5) is 0 Å². The summed E-state index contributed by atoms with van der Waals surface area (Å²) in [5, 5.41) is 18.4. The van der Waals surface area contributed by atoms with Gasteiger partial charge in [0.05, 0.1) is 22.0 Å². The van der Waals surface area contributed by atoms with Crippen molar-refractivity contribution in [2.75, 3.05) is 0 Å². The molecule has 0 radical (unpaired) electrons. The molecule has 0 aliphatic carbocycles. The summed E-state index contributed by atoms with van der Waals surface area (Å²) >= 11 is 0. The molecule has 0 unspecified atom stereocenters. The third-order valence-electron chi connectivity index (χ3n) is 3.91. The van der Waals surface area contributed by atoms with Gasteiger partial charge >= 0.3 is 5.97 Å².